The van der Waals surface area contributed by atoms with E-state index in [1.807, 2.05) is 4.90 Å². The van der Waals surface area contributed by atoms with Crippen LogP contribution in [0.2, 0.25) is 0 Å². The first kappa shape index (κ1) is 14.3. The molecule has 1 saturated heterocycles. The Bertz CT molecular complexity index is 342. The van der Waals surface area contributed by atoms with Crippen LogP contribution in [-0.2, 0) is 9.59 Å². The highest BCUT2D eigenvalue weighted by Crippen LogP contribution is 2.32. The van der Waals surface area contributed by atoms with Crippen LogP contribution in [0.5, 0.6) is 0 Å². The van der Waals surface area contributed by atoms with Gasteiger partial charge in [0.05, 0.1) is 5.92 Å². The van der Waals surface area contributed by atoms with E-state index in [4.69, 9.17) is 5.11 Å². The van der Waals surface area contributed by atoms with Crippen molar-refractivity contribution in [1.82, 2.24) is 10.2 Å². The molecule has 2 aliphatic rings. The largest absolute Gasteiger partial charge is 0.396 e. The van der Waals surface area contributed by atoms with Crippen LogP contribution in [0.4, 0.5) is 0 Å². The predicted octanol–water partition coefficient (Wildman–Crippen LogP) is 0.522. The summed E-state index contributed by atoms with van der Waals surface area (Å²) in [6.07, 6.45) is 4.20. The molecule has 1 heterocycles. The van der Waals surface area contributed by atoms with Crippen LogP contribution in [0.25, 0.3) is 0 Å². The summed E-state index contributed by atoms with van der Waals surface area (Å²) in [5, 5.41) is 11.8. The Labute approximate surface area is 114 Å². The molecule has 2 rings (SSSR count). The molecule has 0 spiro atoms. The van der Waals surface area contributed by atoms with Gasteiger partial charge >= 0.3 is 0 Å². The van der Waals surface area contributed by atoms with Crippen molar-refractivity contribution < 1.29 is 14.7 Å². The first-order valence-electron chi connectivity index (χ1n) is 7.33. The third kappa shape index (κ3) is 3.69. The van der Waals surface area contributed by atoms with Gasteiger partial charge in [-0.15, -0.1) is 0 Å². The maximum Gasteiger partial charge on any atom is 0.225 e. The Kier molecular flexibility index (Phi) is 4.80. The average molecular weight is 268 g/mol. The van der Waals surface area contributed by atoms with Crippen LogP contribution in [0, 0.1) is 11.8 Å². The minimum atomic E-state index is -0.181. The molecule has 5 nitrogen and oxygen atoms in total. The lowest BCUT2D eigenvalue weighted by molar-refractivity contribution is -0.129. The standard InChI is InChI=1S/C14H24N2O3/c1-2-10(5-6-17)8-15-14(19)11-7-13(18)16(9-11)12-3-4-12/h10-12,17H,2-9H2,1H3,(H,15,19). The van der Waals surface area contributed by atoms with Crippen molar-refractivity contribution in [2.24, 2.45) is 11.8 Å². The molecule has 2 fully saturated rings. The van der Waals surface area contributed by atoms with Gasteiger partial charge in [0.2, 0.25) is 11.8 Å². The van der Waals surface area contributed by atoms with Crippen molar-refractivity contribution in [2.45, 2.75) is 45.1 Å². The number of likely N-dealkylation sites (tertiary alicyclic amines) is 1. The summed E-state index contributed by atoms with van der Waals surface area (Å²) in [7, 11) is 0. The van der Waals surface area contributed by atoms with Crippen LogP contribution in [0.15, 0.2) is 0 Å². The van der Waals surface area contributed by atoms with Crippen molar-refractivity contribution >= 4 is 11.8 Å². The van der Waals surface area contributed by atoms with Crippen LogP contribution in [-0.4, -0.2) is 47.6 Å². The molecule has 19 heavy (non-hydrogen) atoms. The topological polar surface area (TPSA) is 69.6 Å². The molecular formula is C14H24N2O3. The summed E-state index contributed by atoms with van der Waals surface area (Å²) in [5.74, 6) is 0.267. The Morgan fingerprint density at radius 1 is 1.53 bits per heavy atom. The zero-order valence-corrected chi connectivity index (χ0v) is 11.6. The number of hydrogen-bond acceptors (Lipinski definition) is 3. The van der Waals surface area contributed by atoms with E-state index in [2.05, 4.69) is 12.2 Å². The number of aliphatic hydroxyl groups excluding tert-OH is 1. The van der Waals surface area contributed by atoms with E-state index in [-0.39, 0.29) is 24.3 Å². The fourth-order valence-corrected chi connectivity index (χ4v) is 2.67. The fourth-order valence-electron chi connectivity index (χ4n) is 2.67. The number of nitrogens with one attached hydrogen (secondary N) is 1. The Balaban J connectivity index is 1.75. The van der Waals surface area contributed by atoms with E-state index in [1.54, 1.807) is 0 Å². The molecule has 0 aromatic carbocycles. The molecule has 2 N–H and O–H groups in total. The zero-order chi connectivity index (χ0) is 13.8. The Hall–Kier alpha value is -1.10. The van der Waals surface area contributed by atoms with Crippen molar-refractivity contribution in [3.8, 4) is 0 Å². The molecule has 0 radical (unpaired) electrons. The molecule has 0 bridgehead atoms. The highest BCUT2D eigenvalue weighted by molar-refractivity contribution is 5.89. The average Bonchev–Trinajstić information content (AvgIpc) is 3.17. The van der Waals surface area contributed by atoms with Crippen LogP contribution < -0.4 is 5.32 Å². The van der Waals surface area contributed by atoms with Gasteiger partial charge in [-0.2, -0.15) is 0 Å². The molecule has 1 aliphatic carbocycles. The molecule has 0 aromatic rings. The zero-order valence-electron chi connectivity index (χ0n) is 11.6. The normalized spacial score (nSPS) is 24.6. The first-order valence-corrected chi connectivity index (χ1v) is 7.33. The molecule has 1 aliphatic heterocycles. The lowest BCUT2D eigenvalue weighted by atomic mass is 10.0. The maximum absolute atomic E-state index is 12.1. The fraction of sp³-hybridized carbons (Fsp3) is 0.857. The first-order chi connectivity index (χ1) is 9.15. The number of amides is 2. The van der Waals surface area contributed by atoms with Gasteiger partial charge in [-0.25, -0.2) is 0 Å². The van der Waals surface area contributed by atoms with Gasteiger partial charge in [-0.05, 0) is 25.2 Å². The van der Waals surface area contributed by atoms with Gasteiger partial charge in [-0.1, -0.05) is 13.3 Å². The second-order valence-corrected chi connectivity index (χ2v) is 5.71. The molecule has 2 amide bonds. The van der Waals surface area contributed by atoms with E-state index < -0.39 is 0 Å². The van der Waals surface area contributed by atoms with Crippen LogP contribution >= 0.6 is 0 Å². The number of aliphatic hydroxyl groups is 1. The molecule has 5 heteroatoms. The summed E-state index contributed by atoms with van der Waals surface area (Å²) < 4.78 is 0. The third-order valence-electron chi connectivity index (χ3n) is 4.20. The van der Waals surface area contributed by atoms with E-state index in [0.29, 0.717) is 37.9 Å². The number of carbonyl (C=O) groups excluding carboxylic acids is 2. The SMILES string of the molecule is CCC(CCO)CNC(=O)C1CC(=O)N(C2CC2)C1. The van der Waals surface area contributed by atoms with Gasteiger partial charge in [0.1, 0.15) is 0 Å². The van der Waals surface area contributed by atoms with Crippen molar-refractivity contribution in [3.63, 3.8) is 0 Å². The highest BCUT2D eigenvalue weighted by atomic mass is 16.3. The smallest absolute Gasteiger partial charge is 0.225 e. The summed E-state index contributed by atoms with van der Waals surface area (Å²) >= 11 is 0. The van der Waals surface area contributed by atoms with Gasteiger partial charge in [-0.3, -0.25) is 9.59 Å². The molecule has 1 saturated carbocycles. The number of rotatable bonds is 7. The summed E-state index contributed by atoms with van der Waals surface area (Å²) in [5.41, 5.74) is 0. The predicted molar refractivity (Wildman–Crippen MR) is 71.3 cm³/mol. The number of nitrogens with zero attached hydrogens (tertiary/aromatic N) is 1. The molecule has 0 aromatic heterocycles. The van der Waals surface area contributed by atoms with Crippen LogP contribution in [0.1, 0.15) is 39.0 Å². The minimum absolute atomic E-state index is 0.00658. The maximum atomic E-state index is 12.1. The molecular weight excluding hydrogens is 244 g/mol. The van der Waals surface area contributed by atoms with E-state index in [9.17, 15) is 9.59 Å². The second-order valence-electron chi connectivity index (χ2n) is 5.71. The third-order valence-corrected chi connectivity index (χ3v) is 4.20. The minimum Gasteiger partial charge on any atom is -0.396 e. The summed E-state index contributed by atoms with van der Waals surface area (Å²) in [4.78, 5) is 25.7. The van der Waals surface area contributed by atoms with Gasteiger partial charge in [0.15, 0.2) is 0 Å². The van der Waals surface area contributed by atoms with Crippen molar-refractivity contribution in [1.29, 1.82) is 0 Å². The number of carbonyl (C=O) groups is 2. The van der Waals surface area contributed by atoms with E-state index >= 15 is 0 Å². The van der Waals surface area contributed by atoms with Crippen molar-refractivity contribution in [3.05, 3.63) is 0 Å². The van der Waals surface area contributed by atoms with E-state index in [0.717, 1.165) is 19.3 Å². The van der Waals surface area contributed by atoms with E-state index in [1.165, 1.54) is 0 Å². The van der Waals surface area contributed by atoms with Gasteiger partial charge in [0, 0.05) is 32.2 Å². The summed E-state index contributed by atoms with van der Waals surface area (Å²) in [6, 6.07) is 0.406. The lowest BCUT2D eigenvalue weighted by Crippen LogP contribution is -2.36. The van der Waals surface area contributed by atoms with Gasteiger partial charge < -0.3 is 15.3 Å². The van der Waals surface area contributed by atoms with Crippen LogP contribution in [0.3, 0.4) is 0 Å². The number of hydrogen-bond donors (Lipinski definition) is 2. The monoisotopic (exact) mass is 268 g/mol. The lowest BCUT2D eigenvalue weighted by Gasteiger charge is -2.17. The van der Waals surface area contributed by atoms with Crippen molar-refractivity contribution in [2.75, 3.05) is 19.7 Å². The summed E-state index contributed by atoms with van der Waals surface area (Å²) in [6.45, 7) is 3.41. The molecule has 108 valence electrons. The molecule has 2 atom stereocenters. The quantitative estimate of drug-likeness (QED) is 0.707. The Morgan fingerprint density at radius 2 is 2.26 bits per heavy atom. The molecule has 2 unspecified atom stereocenters. The second kappa shape index (κ2) is 6.37. The highest BCUT2D eigenvalue weighted by Gasteiger charge is 2.41. The van der Waals surface area contributed by atoms with Gasteiger partial charge in [0.25, 0.3) is 0 Å². The Morgan fingerprint density at radius 3 is 2.84 bits per heavy atom.